The van der Waals surface area contributed by atoms with E-state index in [-0.39, 0.29) is 24.3 Å². The molecule has 116 valence electrons. The molecule has 0 radical (unpaired) electrons. The van der Waals surface area contributed by atoms with Crippen LogP contribution in [-0.2, 0) is 20.8 Å². The van der Waals surface area contributed by atoms with E-state index in [0.29, 0.717) is 24.3 Å². The van der Waals surface area contributed by atoms with Crippen molar-refractivity contribution in [1.29, 1.82) is 0 Å². The van der Waals surface area contributed by atoms with Crippen molar-refractivity contribution in [3.8, 4) is 0 Å². The van der Waals surface area contributed by atoms with Crippen LogP contribution < -0.4 is 0 Å². The highest BCUT2D eigenvalue weighted by atomic mass is 19.1. The molecule has 0 amide bonds. The summed E-state index contributed by atoms with van der Waals surface area (Å²) in [6.45, 7) is 0.792. The fourth-order valence-corrected chi connectivity index (χ4v) is 2.25. The molecule has 1 fully saturated rings. The van der Waals surface area contributed by atoms with E-state index < -0.39 is 6.29 Å². The van der Waals surface area contributed by atoms with Crippen LogP contribution >= 0.6 is 0 Å². The molecule has 22 heavy (non-hydrogen) atoms. The van der Waals surface area contributed by atoms with Gasteiger partial charge in [-0.3, -0.25) is 0 Å². The van der Waals surface area contributed by atoms with Gasteiger partial charge in [-0.25, -0.2) is 8.78 Å². The van der Waals surface area contributed by atoms with Gasteiger partial charge in [-0.1, -0.05) is 30.3 Å². The zero-order valence-electron chi connectivity index (χ0n) is 11.9. The van der Waals surface area contributed by atoms with Gasteiger partial charge < -0.3 is 14.2 Å². The van der Waals surface area contributed by atoms with Gasteiger partial charge in [0.1, 0.15) is 17.7 Å². The molecule has 0 spiro atoms. The highest BCUT2D eigenvalue weighted by Crippen LogP contribution is 2.24. The largest absolute Gasteiger partial charge is 0.369 e. The maximum atomic E-state index is 13.5. The first-order valence-corrected chi connectivity index (χ1v) is 7.06. The Hall–Kier alpha value is -1.82. The van der Waals surface area contributed by atoms with E-state index in [1.807, 2.05) is 0 Å². The highest BCUT2D eigenvalue weighted by Gasteiger charge is 2.24. The van der Waals surface area contributed by atoms with E-state index in [4.69, 9.17) is 14.2 Å². The van der Waals surface area contributed by atoms with Crippen molar-refractivity contribution in [2.24, 2.45) is 0 Å². The molecule has 0 aliphatic carbocycles. The van der Waals surface area contributed by atoms with Crippen LogP contribution in [0.3, 0.4) is 0 Å². The van der Waals surface area contributed by atoms with E-state index in [1.54, 1.807) is 30.3 Å². The predicted octanol–water partition coefficient (Wildman–Crippen LogP) is 3.60. The molecule has 2 aromatic carbocycles. The second-order valence-electron chi connectivity index (χ2n) is 5.08. The molecule has 1 aliphatic rings. The third-order valence-corrected chi connectivity index (χ3v) is 3.42. The summed E-state index contributed by atoms with van der Waals surface area (Å²) in [6, 6.07) is 12.6. The highest BCUT2D eigenvalue weighted by molar-refractivity contribution is 5.18. The summed E-state index contributed by atoms with van der Waals surface area (Å²) in [5, 5.41) is 0. The number of rotatable bonds is 4. The van der Waals surface area contributed by atoms with Crippen molar-refractivity contribution in [2.75, 3.05) is 13.2 Å². The van der Waals surface area contributed by atoms with Gasteiger partial charge in [-0.15, -0.1) is 0 Å². The van der Waals surface area contributed by atoms with Gasteiger partial charge in [-0.2, -0.15) is 0 Å². The normalized spacial score (nSPS) is 21.7. The third kappa shape index (κ3) is 3.68. The van der Waals surface area contributed by atoms with Gasteiger partial charge in [0.05, 0.1) is 19.8 Å². The SMILES string of the molecule is Fc1cccc([C@H]2OC[C@@H](OCc3ccccc3F)CO2)c1. The Balaban J connectivity index is 1.51. The average molecular weight is 306 g/mol. The molecule has 0 aromatic heterocycles. The lowest BCUT2D eigenvalue weighted by Gasteiger charge is -2.29. The minimum Gasteiger partial charge on any atom is -0.369 e. The summed E-state index contributed by atoms with van der Waals surface area (Å²) in [5.74, 6) is -0.625. The van der Waals surface area contributed by atoms with Crippen molar-refractivity contribution in [2.45, 2.75) is 19.0 Å². The average Bonchev–Trinajstić information content (AvgIpc) is 2.55. The zero-order chi connectivity index (χ0) is 15.4. The molecule has 1 aliphatic heterocycles. The summed E-state index contributed by atoms with van der Waals surface area (Å²) in [7, 11) is 0. The van der Waals surface area contributed by atoms with Crippen molar-refractivity contribution in [3.05, 3.63) is 71.3 Å². The lowest BCUT2D eigenvalue weighted by atomic mass is 10.2. The molecule has 0 bridgehead atoms. The number of benzene rings is 2. The second kappa shape index (κ2) is 6.96. The smallest absolute Gasteiger partial charge is 0.184 e. The quantitative estimate of drug-likeness (QED) is 0.864. The minimum atomic E-state index is -0.594. The molecular formula is C17H16F2O3. The molecule has 1 heterocycles. The summed E-state index contributed by atoms with van der Waals surface area (Å²) >= 11 is 0. The molecule has 2 aromatic rings. The molecule has 0 unspecified atom stereocenters. The van der Waals surface area contributed by atoms with Gasteiger partial charge in [0.25, 0.3) is 0 Å². The Labute approximate surface area is 127 Å². The van der Waals surface area contributed by atoms with Gasteiger partial charge in [0.15, 0.2) is 6.29 Å². The number of halogens is 2. The monoisotopic (exact) mass is 306 g/mol. The van der Waals surface area contributed by atoms with Crippen molar-refractivity contribution in [3.63, 3.8) is 0 Å². The lowest BCUT2D eigenvalue weighted by Crippen LogP contribution is -2.33. The molecule has 0 saturated carbocycles. The van der Waals surface area contributed by atoms with Gasteiger partial charge in [0, 0.05) is 11.1 Å². The Bertz CT molecular complexity index is 625. The maximum absolute atomic E-state index is 13.5. The molecular weight excluding hydrogens is 290 g/mol. The molecule has 3 rings (SSSR count). The Morgan fingerprint density at radius 3 is 2.50 bits per heavy atom. The van der Waals surface area contributed by atoms with Crippen LogP contribution in [0.4, 0.5) is 8.78 Å². The fraction of sp³-hybridized carbons (Fsp3) is 0.294. The van der Waals surface area contributed by atoms with Crippen LogP contribution in [0.2, 0.25) is 0 Å². The zero-order valence-corrected chi connectivity index (χ0v) is 11.9. The van der Waals surface area contributed by atoms with Crippen molar-refractivity contribution >= 4 is 0 Å². The first kappa shape index (κ1) is 15.1. The summed E-state index contributed by atoms with van der Waals surface area (Å²) in [4.78, 5) is 0. The first-order chi connectivity index (χ1) is 10.7. The number of hydrogen-bond acceptors (Lipinski definition) is 3. The topological polar surface area (TPSA) is 27.7 Å². The van der Waals surface area contributed by atoms with Crippen LogP contribution in [0, 0.1) is 11.6 Å². The summed E-state index contributed by atoms with van der Waals surface area (Å²) < 4.78 is 43.3. The third-order valence-electron chi connectivity index (χ3n) is 3.42. The molecule has 5 heteroatoms. The molecule has 3 nitrogen and oxygen atoms in total. The fourth-order valence-electron chi connectivity index (χ4n) is 2.25. The Kier molecular flexibility index (Phi) is 4.77. The van der Waals surface area contributed by atoms with Crippen LogP contribution in [0.15, 0.2) is 48.5 Å². The van der Waals surface area contributed by atoms with E-state index in [1.165, 1.54) is 18.2 Å². The van der Waals surface area contributed by atoms with Gasteiger partial charge in [0.2, 0.25) is 0 Å². The molecule has 0 atom stereocenters. The van der Waals surface area contributed by atoms with Crippen LogP contribution in [0.1, 0.15) is 17.4 Å². The van der Waals surface area contributed by atoms with Crippen molar-refractivity contribution < 1.29 is 23.0 Å². The Morgan fingerprint density at radius 2 is 1.77 bits per heavy atom. The summed E-state index contributed by atoms with van der Waals surface area (Å²) in [5.41, 5.74) is 1.13. The standard InChI is InChI=1S/C17H16F2O3/c18-14-6-3-5-12(8-14)17-21-10-15(11-22-17)20-9-13-4-1-2-7-16(13)19/h1-8,15,17H,9-11H2/t15-,17+. The van der Waals surface area contributed by atoms with Gasteiger partial charge in [-0.05, 0) is 18.2 Å². The summed E-state index contributed by atoms with van der Waals surface area (Å²) in [6.07, 6.45) is -0.867. The molecule has 0 N–H and O–H groups in total. The van der Waals surface area contributed by atoms with Crippen LogP contribution in [0.25, 0.3) is 0 Å². The van der Waals surface area contributed by atoms with E-state index in [0.717, 1.165) is 0 Å². The number of hydrogen-bond donors (Lipinski definition) is 0. The minimum absolute atomic E-state index is 0.161. The van der Waals surface area contributed by atoms with E-state index >= 15 is 0 Å². The Morgan fingerprint density at radius 1 is 1.00 bits per heavy atom. The van der Waals surface area contributed by atoms with E-state index in [9.17, 15) is 8.78 Å². The van der Waals surface area contributed by atoms with Gasteiger partial charge >= 0.3 is 0 Å². The van der Waals surface area contributed by atoms with Crippen LogP contribution in [0.5, 0.6) is 0 Å². The number of ether oxygens (including phenoxy) is 3. The van der Waals surface area contributed by atoms with E-state index in [2.05, 4.69) is 0 Å². The first-order valence-electron chi connectivity index (χ1n) is 7.06. The van der Waals surface area contributed by atoms with Crippen molar-refractivity contribution in [1.82, 2.24) is 0 Å². The predicted molar refractivity (Wildman–Crippen MR) is 76.0 cm³/mol. The van der Waals surface area contributed by atoms with Crippen LogP contribution in [-0.4, -0.2) is 19.3 Å². The second-order valence-corrected chi connectivity index (χ2v) is 5.08. The lowest BCUT2D eigenvalue weighted by molar-refractivity contribution is -0.232. The maximum Gasteiger partial charge on any atom is 0.184 e. The molecule has 1 saturated heterocycles.